The van der Waals surface area contributed by atoms with E-state index >= 15 is 0 Å². The molecule has 1 aromatic rings. The van der Waals surface area contributed by atoms with Crippen LogP contribution in [0, 0.1) is 0 Å². The molecule has 0 radical (unpaired) electrons. The van der Waals surface area contributed by atoms with Gasteiger partial charge in [0.15, 0.2) is 0 Å². The molecule has 4 heteroatoms. The Kier molecular flexibility index (Phi) is 5.64. The molecule has 4 nitrogen and oxygen atoms in total. The highest BCUT2D eigenvalue weighted by molar-refractivity contribution is 5.36. The van der Waals surface area contributed by atoms with Crippen LogP contribution in [0.25, 0.3) is 0 Å². The lowest BCUT2D eigenvalue weighted by Crippen LogP contribution is -2.12. The Balaban J connectivity index is 2.38. The minimum absolute atomic E-state index is 0.234. The van der Waals surface area contributed by atoms with Gasteiger partial charge in [-0.25, -0.2) is 0 Å². The molecule has 1 atom stereocenters. The first-order chi connectivity index (χ1) is 7.76. The average molecular weight is 224 g/mol. The van der Waals surface area contributed by atoms with Crippen molar-refractivity contribution in [1.29, 1.82) is 0 Å². The molecular formula is C12H20N2O2. The molecule has 0 saturated carbocycles. The summed E-state index contributed by atoms with van der Waals surface area (Å²) < 4.78 is 5.29. The average Bonchev–Trinajstić information content (AvgIpc) is 2.30. The lowest BCUT2D eigenvalue weighted by atomic mass is 10.2. The molecule has 0 amide bonds. The fourth-order valence-corrected chi connectivity index (χ4v) is 1.31. The van der Waals surface area contributed by atoms with Gasteiger partial charge in [0.05, 0.1) is 12.7 Å². The van der Waals surface area contributed by atoms with Crippen LogP contribution in [0.5, 0.6) is 5.88 Å². The molecule has 2 N–H and O–H groups in total. The summed E-state index contributed by atoms with van der Waals surface area (Å²) in [5.41, 5.74) is 0. The fraction of sp³-hybridized carbons (Fsp3) is 0.583. The Bertz CT molecular complexity index is 305. The predicted octanol–water partition coefficient (Wildman–Crippen LogP) is 2.05. The van der Waals surface area contributed by atoms with Crippen molar-refractivity contribution in [2.45, 2.75) is 32.8 Å². The van der Waals surface area contributed by atoms with E-state index in [1.54, 1.807) is 0 Å². The molecule has 0 aromatic carbocycles. The van der Waals surface area contributed by atoms with Gasteiger partial charge >= 0.3 is 0 Å². The summed E-state index contributed by atoms with van der Waals surface area (Å²) in [6, 6.07) is 5.62. The van der Waals surface area contributed by atoms with Gasteiger partial charge in [-0.2, -0.15) is 4.98 Å². The van der Waals surface area contributed by atoms with Gasteiger partial charge in [-0.1, -0.05) is 13.0 Å². The van der Waals surface area contributed by atoms with Crippen LogP contribution in [0.4, 0.5) is 5.82 Å². The Hall–Kier alpha value is -1.29. The number of ether oxygens (including phenoxy) is 1. The molecule has 0 fully saturated rings. The number of aromatic nitrogens is 1. The molecule has 90 valence electrons. The van der Waals surface area contributed by atoms with E-state index in [2.05, 4.69) is 10.3 Å². The number of rotatable bonds is 7. The van der Waals surface area contributed by atoms with Gasteiger partial charge in [-0.15, -0.1) is 0 Å². The summed E-state index contributed by atoms with van der Waals surface area (Å²) in [5.74, 6) is 1.41. The Morgan fingerprint density at radius 1 is 1.44 bits per heavy atom. The maximum Gasteiger partial charge on any atom is 0.215 e. The number of pyridine rings is 1. The van der Waals surface area contributed by atoms with Gasteiger partial charge in [0.1, 0.15) is 5.82 Å². The molecule has 0 spiro atoms. The van der Waals surface area contributed by atoms with Crippen molar-refractivity contribution in [2.75, 3.05) is 18.5 Å². The first kappa shape index (κ1) is 12.8. The van der Waals surface area contributed by atoms with Gasteiger partial charge in [0, 0.05) is 12.6 Å². The van der Waals surface area contributed by atoms with Crippen molar-refractivity contribution in [3.63, 3.8) is 0 Å². The standard InChI is InChI=1S/C12H20N2O2/c1-3-10(15)8-9-13-11-6-5-7-12(14-11)16-4-2/h5-7,10,15H,3-4,8-9H2,1-2H3,(H,13,14). The molecule has 0 aliphatic carbocycles. The predicted molar refractivity (Wildman–Crippen MR) is 64.8 cm³/mol. The quantitative estimate of drug-likeness (QED) is 0.744. The number of anilines is 1. The largest absolute Gasteiger partial charge is 0.478 e. The number of nitrogens with one attached hydrogen (secondary N) is 1. The normalized spacial score (nSPS) is 12.2. The second kappa shape index (κ2) is 7.06. The Labute approximate surface area is 96.7 Å². The maximum absolute atomic E-state index is 9.39. The lowest BCUT2D eigenvalue weighted by molar-refractivity contribution is 0.164. The van der Waals surface area contributed by atoms with Crippen molar-refractivity contribution in [1.82, 2.24) is 4.98 Å². The van der Waals surface area contributed by atoms with E-state index in [4.69, 9.17) is 4.74 Å². The third-order valence-corrected chi connectivity index (χ3v) is 2.27. The number of hydrogen-bond acceptors (Lipinski definition) is 4. The lowest BCUT2D eigenvalue weighted by Gasteiger charge is -2.10. The van der Waals surface area contributed by atoms with E-state index in [9.17, 15) is 5.11 Å². The smallest absolute Gasteiger partial charge is 0.215 e. The maximum atomic E-state index is 9.39. The second-order valence-electron chi connectivity index (χ2n) is 3.57. The second-order valence-corrected chi connectivity index (χ2v) is 3.57. The summed E-state index contributed by atoms with van der Waals surface area (Å²) in [6.45, 7) is 5.24. The molecule has 1 unspecified atom stereocenters. The molecule has 0 bridgehead atoms. The highest BCUT2D eigenvalue weighted by Gasteiger charge is 2.01. The third kappa shape index (κ3) is 4.49. The van der Waals surface area contributed by atoms with Crippen molar-refractivity contribution in [2.24, 2.45) is 0 Å². The minimum atomic E-state index is -0.234. The number of hydrogen-bond donors (Lipinski definition) is 2. The SMILES string of the molecule is CCOc1cccc(NCCC(O)CC)n1. The molecule has 1 heterocycles. The highest BCUT2D eigenvalue weighted by Crippen LogP contribution is 2.11. The molecular weight excluding hydrogens is 204 g/mol. The molecule has 0 aliphatic heterocycles. The van der Waals surface area contributed by atoms with Crippen LogP contribution >= 0.6 is 0 Å². The first-order valence-electron chi connectivity index (χ1n) is 5.78. The van der Waals surface area contributed by atoms with Crippen molar-refractivity contribution >= 4 is 5.82 Å². The topological polar surface area (TPSA) is 54.4 Å². The zero-order valence-electron chi connectivity index (χ0n) is 9.94. The van der Waals surface area contributed by atoms with Gasteiger partial charge in [-0.3, -0.25) is 0 Å². The molecule has 1 aromatic heterocycles. The van der Waals surface area contributed by atoms with Crippen LogP contribution in [0.1, 0.15) is 26.7 Å². The first-order valence-corrected chi connectivity index (χ1v) is 5.78. The van der Waals surface area contributed by atoms with Crippen LogP contribution in [-0.4, -0.2) is 29.3 Å². The Morgan fingerprint density at radius 3 is 2.94 bits per heavy atom. The van der Waals surface area contributed by atoms with E-state index in [-0.39, 0.29) is 6.10 Å². The molecule has 0 saturated heterocycles. The molecule has 0 aliphatic rings. The van der Waals surface area contributed by atoms with E-state index < -0.39 is 0 Å². The van der Waals surface area contributed by atoms with E-state index in [1.807, 2.05) is 32.0 Å². The van der Waals surface area contributed by atoms with Gasteiger partial charge < -0.3 is 15.2 Å². The summed E-state index contributed by atoms with van der Waals surface area (Å²) in [5, 5.41) is 12.5. The van der Waals surface area contributed by atoms with Crippen molar-refractivity contribution in [3.05, 3.63) is 18.2 Å². The van der Waals surface area contributed by atoms with Crippen LogP contribution in [0.3, 0.4) is 0 Å². The number of nitrogens with zero attached hydrogens (tertiary/aromatic N) is 1. The van der Waals surface area contributed by atoms with Gasteiger partial charge in [-0.05, 0) is 25.8 Å². The van der Waals surface area contributed by atoms with Crippen LogP contribution in [-0.2, 0) is 0 Å². The van der Waals surface area contributed by atoms with Gasteiger partial charge in [0.2, 0.25) is 5.88 Å². The zero-order chi connectivity index (χ0) is 11.8. The highest BCUT2D eigenvalue weighted by atomic mass is 16.5. The fourth-order valence-electron chi connectivity index (χ4n) is 1.31. The van der Waals surface area contributed by atoms with Crippen LogP contribution in [0.15, 0.2) is 18.2 Å². The summed E-state index contributed by atoms with van der Waals surface area (Å²) >= 11 is 0. The van der Waals surface area contributed by atoms with Crippen LogP contribution < -0.4 is 10.1 Å². The third-order valence-electron chi connectivity index (χ3n) is 2.27. The Morgan fingerprint density at radius 2 is 2.25 bits per heavy atom. The minimum Gasteiger partial charge on any atom is -0.478 e. The van der Waals surface area contributed by atoms with E-state index in [0.29, 0.717) is 12.5 Å². The summed E-state index contributed by atoms with van der Waals surface area (Å²) in [6.07, 6.45) is 1.29. The molecule has 16 heavy (non-hydrogen) atoms. The number of aliphatic hydroxyl groups is 1. The van der Waals surface area contributed by atoms with Gasteiger partial charge in [0.25, 0.3) is 0 Å². The van der Waals surface area contributed by atoms with Crippen molar-refractivity contribution in [3.8, 4) is 5.88 Å². The van der Waals surface area contributed by atoms with E-state index in [1.165, 1.54) is 0 Å². The summed E-state index contributed by atoms with van der Waals surface area (Å²) in [7, 11) is 0. The number of aliphatic hydroxyl groups excluding tert-OH is 1. The van der Waals surface area contributed by atoms with Crippen LogP contribution in [0.2, 0.25) is 0 Å². The van der Waals surface area contributed by atoms with E-state index in [0.717, 1.165) is 25.2 Å². The zero-order valence-corrected chi connectivity index (χ0v) is 9.94. The van der Waals surface area contributed by atoms with Crippen molar-refractivity contribution < 1.29 is 9.84 Å². The molecule has 1 rings (SSSR count). The monoisotopic (exact) mass is 224 g/mol. The summed E-state index contributed by atoms with van der Waals surface area (Å²) in [4.78, 5) is 4.27.